The lowest BCUT2D eigenvalue weighted by Gasteiger charge is -2.26. The average molecular weight is 1180 g/mol. The molecule has 3 aliphatic heterocycles. The first-order chi connectivity index (χ1) is 38.8. The summed E-state index contributed by atoms with van der Waals surface area (Å²) in [7, 11) is 0. The quantitative estimate of drug-likeness (QED) is 0.0514. The van der Waals surface area contributed by atoms with E-state index in [-0.39, 0.29) is 74.2 Å². The Kier molecular flexibility index (Phi) is 33.5. The maximum atomic E-state index is 12.3. The van der Waals surface area contributed by atoms with Crippen LogP contribution in [-0.2, 0) is 62.2 Å². The Morgan fingerprint density at radius 2 is 0.585 bits per heavy atom. The highest BCUT2D eigenvalue weighted by Crippen LogP contribution is 2.46. The van der Waals surface area contributed by atoms with Gasteiger partial charge in [0, 0.05) is 37.5 Å². The second-order valence-corrected chi connectivity index (χ2v) is 27.5. The van der Waals surface area contributed by atoms with Crippen molar-refractivity contribution >= 4 is 68.0 Å². The van der Waals surface area contributed by atoms with E-state index in [0.29, 0.717) is 36.5 Å². The first-order valence-corrected chi connectivity index (χ1v) is 32.7. The summed E-state index contributed by atoms with van der Waals surface area (Å²) in [5, 5.41) is 0.0957. The Balaban J connectivity index is 0.000000321. The molecule has 0 fully saturated rings. The van der Waals surface area contributed by atoms with Gasteiger partial charge in [-0.2, -0.15) is 0 Å². The third-order valence-electron chi connectivity index (χ3n) is 15.0. The Morgan fingerprint density at radius 1 is 0.366 bits per heavy atom. The molecule has 0 spiro atoms. The minimum Gasteiger partial charge on any atom is -0.489 e. The van der Waals surface area contributed by atoms with Crippen LogP contribution in [0.2, 0.25) is 0 Å². The van der Waals surface area contributed by atoms with Crippen molar-refractivity contribution in [1.82, 2.24) is 0 Å². The molecule has 3 aliphatic rings. The number of ketones is 3. The molecule has 0 amide bonds. The molecule has 3 heterocycles. The molecule has 6 rings (SSSR count). The van der Waals surface area contributed by atoms with Crippen LogP contribution in [0.3, 0.4) is 0 Å². The number of ether oxygens (including phenoxy) is 3. The van der Waals surface area contributed by atoms with Gasteiger partial charge in [-0.05, 0) is 77.5 Å². The van der Waals surface area contributed by atoms with Gasteiger partial charge in [-0.3, -0.25) is 28.8 Å². The van der Waals surface area contributed by atoms with E-state index in [1.807, 2.05) is 93.6 Å². The molecule has 0 aromatic heterocycles. The monoisotopic (exact) mass is 1180 g/mol. The smallest absolute Gasteiger partial charge is 0.216 e. The number of aryl methyl sites for hydroxylation is 3. The standard InChI is InChI=1S/3C23H32O3S.CH4/c3*1-4-5-6-7-8-9-14-23(3)21(16-22(25)27-23)26-17-20(24)15-19-12-10-18(2)11-13-19;/h3*10-13,16H,4-9,14-15,17H2,1-3H3;1H4. The number of hydrogen-bond acceptors (Lipinski definition) is 12. The highest BCUT2D eigenvalue weighted by Gasteiger charge is 2.41. The lowest BCUT2D eigenvalue weighted by Crippen LogP contribution is -2.24. The molecule has 9 nitrogen and oxygen atoms in total. The number of carbonyl (C=O) groups is 6. The molecule has 0 saturated carbocycles. The van der Waals surface area contributed by atoms with Gasteiger partial charge >= 0.3 is 0 Å². The molecule has 3 unspecified atom stereocenters. The Labute approximate surface area is 507 Å². The van der Waals surface area contributed by atoms with Gasteiger partial charge in [0.25, 0.3) is 0 Å². The topological polar surface area (TPSA) is 130 Å². The van der Waals surface area contributed by atoms with Gasteiger partial charge in [-0.25, -0.2) is 0 Å². The number of unbranched alkanes of at least 4 members (excludes halogenated alkanes) is 15. The van der Waals surface area contributed by atoms with Crippen molar-refractivity contribution in [2.75, 3.05) is 19.8 Å². The highest BCUT2D eigenvalue weighted by molar-refractivity contribution is 8.16. The number of thioether (sulfide) groups is 3. The third-order valence-corrected chi connectivity index (χ3v) is 18.6. The second-order valence-electron chi connectivity index (χ2n) is 23.0. The predicted octanol–water partition coefficient (Wildman–Crippen LogP) is 18.0. The number of hydrogen-bond donors (Lipinski definition) is 0. The normalized spacial score (nSPS) is 19.0. The fourth-order valence-corrected chi connectivity index (χ4v) is 13.2. The van der Waals surface area contributed by atoms with Crippen molar-refractivity contribution < 1.29 is 43.0 Å². The van der Waals surface area contributed by atoms with Crippen LogP contribution in [-0.4, -0.2) is 66.8 Å². The van der Waals surface area contributed by atoms with E-state index in [2.05, 4.69) is 41.5 Å². The molecule has 3 atom stereocenters. The molecule has 3 aromatic carbocycles. The first kappa shape index (κ1) is 71.6. The molecule has 452 valence electrons. The van der Waals surface area contributed by atoms with Crippen LogP contribution in [0.25, 0.3) is 0 Å². The second kappa shape index (κ2) is 38.3. The van der Waals surface area contributed by atoms with E-state index in [0.717, 1.165) is 55.2 Å². The van der Waals surface area contributed by atoms with Crippen LogP contribution in [0.5, 0.6) is 0 Å². The van der Waals surface area contributed by atoms with Crippen LogP contribution in [0, 0.1) is 20.8 Å². The molecular formula is C70H100O9S3. The zero-order valence-corrected chi connectivity index (χ0v) is 53.1. The molecule has 12 heteroatoms. The molecule has 0 radical (unpaired) electrons. The first-order valence-electron chi connectivity index (χ1n) is 30.2. The van der Waals surface area contributed by atoms with Crippen LogP contribution in [0.4, 0.5) is 0 Å². The van der Waals surface area contributed by atoms with Gasteiger partial charge < -0.3 is 14.2 Å². The summed E-state index contributed by atoms with van der Waals surface area (Å²) < 4.78 is 16.5. The van der Waals surface area contributed by atoms with Crippen molar-refractivity contribution in [3.05, 3.63) is 142 Å². The molecule has 3 aromatic rings. The minimum atomic E-state index is -0.327. The van der Waals surface area contributed by atoms with Crippen molar-refractivity contribution in [3.63, 3.8) is 0 Å². The van der Waals surface area contributed by atoms with E-state index in [4.69, 9.17) is 14.2 Å². The van der Waals surface area contributed by atoms with E-state index in [9.17, 15) is 28.8 Å². The number of carbonyl (C=O) groups excluding carboxylic acids is 6. The number of rotatable bonds is 36. The summed E-state index contributed by atoms with van der Waals surface area (Å²) in [6.45, 7) is 19.0. The predicted molar refractivity (Wildman–Crippen MR) is 345 cm³/mol. The van der Waals surface area contributed by atoms with Crippen LogP contribution in [0.1, 0.15) is 217 Å². The van der Waals surface area contributed by atoms with Crippen molar-refractivity contribution in [2.24, 2.45) is 0 Å². The summed E-state index contributed by atoms with van der Waals surface area (Å²) in [4.78, 5) is 72.6. The Morgan fingerprint density at radius 3 is 0.817 bits per heavy atom. The van der Waals surface area contributed by atoms with Gasteiger partial charge in [-0.15, -0.1) is 0 Å². The molecule has 0 N–H and O–H groups in total. The van der Waals surface area contributed by atoms with E-state index < -0.39 is 0 Å². The van der Waals surface area contributed by atoms with Gasteiger partial charge in [0.2, 0.25) is 15.3 Å². The van der Waals surface area contributed by atoms with Crippen molar-refractivity contribution in [2.45, 2.75) is 238 Å². The summed E-state index contributed by atoms with van der Waals surface area (Å²) in [6.07, 6.45) is 30.6. The van der Waals surface area contributed by atoms with Gasteiger partial charge in [0.15, 0.2) is 17.3 Å². The molecule has 82 heavy (non-hydrogen) atoms. The summed E-state index contributed by atoms with van der Waals surface area (Å²) in [6, 6.07) is 23.9. The van der Waals surface area contributed by atoms with Crippen molar-refractivity contribution in [3.8, 4) is 0 Å². The lowest BCUT2D eigenvalue weighted by atomic mass is 9.99. The van der Waals surface area contributed by atoms with E-state index in [1.165, 1.54) is 148 Å². The van der Waals surface area contributed by atoms with Crippen LogP contribution < -0.4 is 0 Å². The van der Waals surface area contributed by atoms with Gasteiger partial charge in [0.05, 0.1) is 14.2 Å². The lowest BCUT2D eigenvalue weighted by molar-refractivity contribution is -0.122. The zero-order chi connectivity index (χ0) is 59.1. The fraction of sp³-hybridized carbons (Fsp3) is 0.571. The average Bonchev–Trinajstić information content (AvgIpc) is 4.04. The van der Waals surface area contributed by atoms with E-state index in [1.54, 1.807) is 18.2 Å². The summed E-state index contributed by atoms with van der Waals surface area (Å²) in [5.74, 6) is 2.11. The molecule has 0 bridgehead atoms. The number of Topliss-reactive ketones (excluding diaryl/α,β-unsaturated/α-hetero) is 3. The zero-order valence-electron chi connectivity index (χ0n) is 50.7. The third kappa shape index (κ3) is 26.9. The maximum absolute atomic E-state index is 12.3. The summed E-state index contributed by atoms with van der Waals surface area (Å²) >= 11 is 4.00. The SMILES string of the molecule is C.CCCCCCCCC1(C)SC(=O)C=C1OCC(=O)Cc1ccc(C)cc1.CCCCCCCCC1(C)SC(=O)C=C1OCC(=O)Cc1ccc(C)cc1.CCCCCCCCC1(C)SC(=O)C=C1OCC(=O)Cc1ccc(C)cc1. The van der Waals surface area contributed by atoms with Crippen LogP contribution >= 0.6 is 35.3 Å². The van der Waals surface area contributed by atoms with Gasteiger partial charge in [0.1, 0.15) is 37.1 Å². The molecule has 0 aliphatic carbocycles. The van der Waals surface area contributed by atoms with Crippen LogP contribution in [0.15, 0.2) is 108 Å². The fourth-order valence-electron chi connectivity index (χ4n) is 9.95. The minimum absolute atomic E-state index is 0. The number of benzene rings is 3. The highest BCUT2D eigenvalue weighted by atomic mass is 32.2. The largest absolute Gasteiger partial charge is 0.489 e. The summed E-state index contributed by atoms with van der Waals surface area (Å²) in [5.41, 5.74) is 6.53. The maximum Gasteiger partial charge on any atom is 0.216 e. The van der Waals surface area contributed by atoms with E-state index >= 15 is 0 Å². The Bertz CT molecular complexity index is 2270. The Hall–Kier alpha value is -4.65. The van der Waals surface area contributed by atoms with Crippen molar-refractivity contribution in [1.29, 1.82) is 0 Å². The molecule has 0 saturated heterocycles. The van der Waals surface area contributed by atoms with Gasteiger partial charge in [-0.1, -0.05) is 269 Å². The molecular weight excluding hydrogens is 1080 g/mol.